The Hall–Kier alpha value is -2.78. The molecular weight excluding hydrogens is 432 g/mol. The van der Waals surface area contributed by atoms with Gasteiger partial charge in [0.1, 0.15) is 12.4 Å². The molecule has 1 aliphatic heterocycles. The Morgan fingerprint density at radius 1 is 1.23 bits per heavy atom. The number of anilines is 1. The number of ether oxygens (including phenoxy) is 1. The van der Waals surface area contributed by atoms with E-state index < -0.39 is 0 Å². The molecule has 1 aliphatic rings. The Balaban J connectivity index is 1.17. The molecule has 7 nitrogen and oxygen atoms in total. The summed E-state index contributed by atoms with van der Waals surface area (Å²) < 4.78 is 11.8. The van der Waals surface area contributed by atoms with E-state index in [0.717, 1.165) is 65.6 Å². The Labute approximate surface area is 187 Å². The fourth-order valence-electron chi connectivity index (χ4n) is 3.70. The normalized spacial score (nSPS) is 14.9. The predicted molar refractivity (Wildman–Crippen MR) is 122 cm³/mol. The second-order valence-electron chi connectivity index (χ2n) is 7.53. The van der Waals surface area contributed by atoms with E-state index in [9.17, 15) is 4.79 Å². The minimum Gasteiger partial charge on any atom is -0.487 e. The predicted octanol–water partition coefficient (Wildman–Crippen LogP) is 4.63. The lowest BCUT2D eigenvalue weighted by atomic mass is 9.98. The van der Waals surface area contributed by atoms with Gasteiger partial charge in [-0.2, -0.15) is 0 Å². The van der Waals surface area contributed by atoms with Gasteiger partial charge in [-0.05, 0) is 37.0 Å². The average Bonchev–Trinajstić information content (AvgIpc) is 3.43. The molecule has 31 heavy (non-hydrogen) atoms. The summed E-state index contributed by atoms with van der Waals surface area (Å²) in [4.78, 5) is 27.1. The number of hydrogen-bond acceptors (Lipinski definition) is 9. The van der Waals surface area contributed by atoms with E-state index in [1.54, 1.807) is 17.4 Å². The molecule has 1 fully saturated rings. The topological polar surface area (TPSA) is 81.4 Å². The zero-order valence-corrected chi connectivity index (χ0v) is 18.7. The van der Waals surface area contributed by atoms with Crippen LogP contribution in [0.3, 0.4) is 0 Å². The molecule has 3 aromatic heterocycles. The molecule has 1 aromatic carbocycles. The number of hydrogen-bond donors (Lipinski definition) is 0. The van der Waals surface area contributed by atoms with Gasteiger partial charge in [-0.1, -0.05) is 18.3 Å². The van der Waals surface area contributed by atoms with Gasteiger partial charge in [0.25, 0.3) is 0 Å². The van der Waals surface area contributed by atoms with Crippen LogP contribution in [0.5, 0.6) is 5.75 Å². The van der Waals surface area contributed by atoms with Crippen molar-refractivity contribution >= 4 is 38.9 Å². The summed E-state index contributed by atoms with van der Waals surface area (Å²) >= 11 is 2.79. The third kappa shape index (κ3) is 4.47. The zero-order chi connectivity index (χ0) is 21.2. The largest absolute Gasteiger partial charge is 0.487 e. The quantitative estimate of drug-likeness (QED) is 0.420. The van der Waals surface area contributed by atoms with Gasteiger partial charge in [-0.25, -0.2) is 19.7 Å². The van der Waals surface area contributed by atoms with Gasteiger partial charge in [-0.3, -0.25) is 0 Å². The number of piperidine rings is 1. The van der Waals surface area contributed by atoms with E-state index >= 15 is 0 Å². The van der Waals surface area contributed by atoms with Crippen LogP contribution in [0.4, 0.5) is 5.95 Å². The number of aryl methyl sites for hydroxylation is 1. The van der Waals surface area contributed by atoms with Crippen LogP contribution in [0, 0.1) is 0 Å². The summed E-state index contributed by atoms with van der Waals surface area (Å²) in [6, 6.07) is 5.46. The molecule has 4 aromatic rings. The fraction of sp³-hybridized carbons (Fsp3) is 0.364. The first kappa shape index (κ1) is 20.1. The molecule has 4 heterocycles. The number of thiazole rings is 1. The maximum atomic E-state index is 11.4. The molecule has 0 N–H and O–H groups in total. The average molecular weight is 455 g/mol. The molecule has 1 saturated heterocycles. The third-order valence-electron chi connectivity index (χ3n) is 5.48. The highest BCUT2D eigenvalue weighted by Crippen LogP contribution is 2.32. The lowest BCUT2D eigenvalue weighted by molar-refractivity contribution is 0.301. The highest BCUT2D eigenvalue weighted by Gasteiger charge is 2.24. The van der Waals surface area contributed by atoms with Gasteiger partial charge in [0.15, 0.2) is 5.58 Å². The van der Waals surface area contributed by atoms with E-state index in [1.165, 1.54) is 5.01 Å². The second kappa shape index (κ2) is 8.76. The SMILES string of the molecule is CCc1cnc(N2CCC(c3nc(COc4ccc5sc(=O)oc5c4)cs3)CC2)nc1. The molecule has 0 radical (unpaired) electrons. The van der Waals surface area contributed by atoms with Crippen molar-refractivity contribution < 1.29 is 9.15 Å². The first-order chi connectivity index (χ1) is 15.2. The lowest BCUT2D eigenvalue weighted by Crippen LogP contribution is -2.34. The second-order valence-corrected chi connectivity index (χ2v) is 9.40. The summed E-state index contributed by atoms with van der Waals surface area (Å²) in [7, 11) is 0. The van der Waals surface area contributed by atoms with Crippen LogP contribution < -0.4 is 14.6 Å². The molecule has 0 spiro atoms. The van der Waals surface area contributed by atoms with Gasteiger partial charge < -0.3 is 14.1 Å². The standard InChI is InChI=1S/C22H22N4O3S2/c1-2-14-10-23-21(24-11-14)26-7-5-15(6-8-26)20-25-16(13-30-20)12-28-17-3-4-19-18(9-17)29-22(27)31-19/h3-4,9-11,13,15H,2,5-8,12H2,1H3. The maximum Gasteiger partial charge on any atom is 0.396 e. The Bertz CT molecular complexity index is 1220. The molecule has 0 atom stereocenters. The molecule has 160 valence electrons. The molecule has 0 aliphatic carbocycles. The molecule has 0 amide bonds. The summed E-state index contributed by atoms with van der Waals surface area (Å²) in [5, 5.41) is 3.23. The molecule has 0 saturated carbocycles. The summed E-state index contributed by atoms with van der Waals surface area (Å²) in [6.45, 7) is 4.38. The van der Waals surface area contributed by atoms with E-state index in [2.05, 4.69) is 27.2 Å². The first-order valence-corrected chi connectivity index (χ1v) is 12.0. The van der Waals surface area contributed by atoms with Gasteiger partial charge in [0, 0.05) is 42.8 Å². The summed E-state index contributed by atoms with van der Waals surface area (Å²) in [5.74, 6) is 1.95. The van der Waals surface area contributed by atoms with Crippen molar-refractivity contribution in [2.24, 2.45) is 0 Å². The van der Waals surface area contributed by atoms with Crippen LogP contribution in [0.2, 0.25) is 0 Å². The van der Waals surface area contributed by atoms with Crippen LogP contribution in [0.25, 0.3) is 10.3 Å². The molecule has 9 heteroatoms. The first-order valence-electron chi connectivity index (χ1n) is 10.3. The Morgan fingerprint density at radius 2 is 2.03 bits per heavy atom. The minimum atomic E-state index is -0.299. The molecular formula is C22H22N4O3S2. The number of rotatable bonds is 6. The van der Waals surface area contributed by atoms with Crippen LogP contribution in [-0.2, 0) is 13.0 Å². The van der Waals surface area contributed by atoms with Crippen molar-refractivity contribution in [2.45, 2.75) is 38.7 Å². The maximum absolute atomic E-state index is 11.4. The number of nitrogens with zero attached hydrogens (tertiary/aromatic N) is 4. The fourth-order valence-corrected chi connectivity index (χ4v) is 5.32. The van der Waals surface area contributed by atoms with Crippen LogP contribution in [0.15, 0.2) is 45.2 Å². The van der Waals surface area contributed by atoms with Crippen LogP contribution in [-0.4, -0.2) is 28.0 Å². The Morgan fingerprint density at radius 3 is 2.81 bits per heavy atom. The Kier molecular flexibility index (Phi) is 5.69. The lowest BCUT2D eigenvalue weighted by Gasteiger charge is -2.31. The number of fused-ring (bicyclic) bond motifs is 1. The van der Waals surface area contributed by atoms with Crippen molar-refractivity contribution in [2.75, 3.05) is 18.0 Å². The highest BCUT2D eigenvalue weighted by atomic mass is 32.1. The summed E-state index contributed by atoms with van der Waals surface area (Å²) in [5.41, 5.74) is 2.65. The monoisotopic (exact) mass is 454 g/mol. The number of aromatic nitrogens is 3. The van der Waals surface area contributed by atoms with Crippen LogP contribution >= 0.6 is 22.7 Å². The van der Waals surface area contributed by atoms with Gasteiger partial charge in [0.05, 0.1) is 15.4 Å². The highest BCUT2D eigenvalue weighted by molar-refractivity contribution is 7.16. The van der Waals surface area contributed by atoms with Crippen molar-refractivity contribution in [3.05, 3.63) is 62.0 Å². The van der Waals surface area contributed by atoms with E-state index in [1.807, 2.05) is 24.5 Å². The molecule has 0 bridgehead atoms. The van der Waals surface area contributed by atoms with E-state index in [4.69, 9.17) is 14.1 Å². The number of benzene rings is 1. The van der Waals surface area contributed by atoms with E-state index in [-0.39, 0.29) is 4.94 Å². The third-order valence-corrected chi connectivity index (χ3v) is 7.35. The van der Waals surface area contributed by atoms with Gasteiger partial charge in [-0.15, -0.1) is 11.3 Å². The van der Waals surface area contributed by atoms with Crippen molar-refractivity contribution in [3.8, 4) is 5.75 Å². The summed E-state index contributed by atoms with van der Waals surface area (Å²) in [6.07, 6.45) is 6.88. The van der Waals surface area contributed by atoms with Gasteiger partial charge in [0.2, 0.25) is 5.95 Å². The zero-order valence-electron chi connectivity index (χ0n) is 17.1. The van der Waals surface area contributed by atoms with Gasteiger partial charge >= 0.3 is 4.94 Å². The van der Waals surface area contributed by atoms with Crippen molar-refractivity contribution in [3.63, 3.8) is 0 Å². The molecule has 5 rings (SSSR count). The van der Waals surface area contributed by atoms with Crippen LogP contribution in [0.1, 0.15) is 41.9 Å². The molecule has 0 unspecified atom stereocenters. The van der Waals surface area contributed by atoms with E-state index in [0.29, 0.717) is 23.9 Å². The smallest absolute Gasteiger partial charge is 0.396 e. The minimum absolute atomic E-state index is 0.299. The van der Waals surface area contributed by atoms with Crippen molar-refractivity contribution in [1.82, 2.24) is 15.0 Å². The van der Waals surface area contributed by atoms with Crippen molar-refractivity contribution in [1.29, 1.82) is 0 Å².